The largest absolute Gasteiger partial charge is 0.497 e. The number of anilines is 1. The predicted molar refractivity (Wildman–Crippen MR) is 130 cm³/mol. The van der Waals surface area contributed by atoms with Crippen molar-refractivity contribution in [3.8, 4) is 5.75 Å². The molecule has 1 N–H and O–H groups in total. The molecule has 0 spiro atoms. The van der Waals surface area contributed by atoms with Crippen LogP contribution >= 0.6 is 11.3 Å². The van der Waals surface area contributed by atoms with Gasteiger partial charge in [-0.15, -0.1) is 11.3 Å². The lowest BCUT2D eigenvalue weighted by Gasteiger charge is -2.33. The number of amides is 2. The second-order valence-electron chi connectivity index (χ2n) is 8.24. The quantitative estimate of drug-likeness (QED) is 0.515. The summed E-state index contributed by atoms with van der Waals surface area (Å²) in [4.78, 5) is 34.1. The summed E-state index contributed by atoms with van der Waals surface area (Å²) in [6.45, 7) is 0. The number of aromatic nitrogens is 1. The fourth-order valence-corrected chi connectivity index (χ4v) is 5.01. The highest BCUT2D eigenvalue weighted by molar-refractivity contribution is 7.10. The molecule has 1 aliphatic rings. The Hall–Kier alpha value is -3.19. The molecule has 1 aromatic carbocycles. The number of pyridine rings is 1. The molecule has 4 rings (SSSR count). The minimum Gasteiger partial charge on any atom is -0.497 e. The number of nitrogens with zero attached hydrogens (tertiary/aromatic N) is 2. The van der Waals surface area contributed by atoms with E-state index in [0.717, 1.165) is 36.1 Å². The normalized spacial score (nSPS) is 14.9. The van der Waals surface area contributed by atoms with E-state index in [4.69, 9.17) is 4.74 Å². The van der Waals surface area contributed by atoms with E-state index in [-0.39, 0.29) is 24.3 Å². The number of hydrogen-bond acceptors (Lipinski definition) is 5. The van der Waals surface area contributed by atoms with Gasteiger partial charge in [0.2, 0.25) is 11.8 Å². The fourth-order valence-electron chi connectivity index (χ4n) is 4.32. The van der Waals surface area contributed by atoms with Crippen molar-refractivity contribution < 1.29 is 14.3 Å². The zero-order chi connectivity index (χ0) is 23.0. The van der Waals surface area contributed by atoms with Crippen LogP contribution < -0.4 is 15.0 Å². The number of hydrogen-bond donors (Lipinski definition) is 1. The van der Waals surface area contributed by atoms with Crippen LogP contribution in [0.15, 0.2) is 66.3 Å². The van der Waals surface area contributed by atoms with E-state index in [1.54, 1.807) is 36.5 Å². The highest BCUT2D eigenvalue weighted by Crippen LogP contribution is 2.31. The number of carbonyl (C=O) groups is 2. The Morgan fingerprint density at radius 1 is 1.09 bits per heavy atom. The van der Waals surface area contributed by atoms with Gasteiger partial charge in [0, 0.05) is 29.0 Å². The standard InChI is InChI=1S/C26H29N3O3S/c1-32-22-11-9-21(10-12-22)29(24(30)18-23-8-5-17-33-23)25(19-13-15-27-16-14-19)26(31)28-20-6-3-2-4-7-20/h5,8-17,20,25H,2-4,6-7,18H2,1H3,(H,28,31)/t25-/m1/s1. The highest BCUT2D eigenvalue weighted by Gasteiger charge is 2.34. The molecule has 33 heavy (non-hydrogen) atoms. The van der Waals surface area contributed by atoms with Gasteiger partial charge in [-0.05, 0) is 66.2 Å². The maximum absolute atomic E-state index is 13.7. The van der Waals surface area contributed by atoms with Gasteiger partial charge in [-0.2, -0.15) is 0 Å². The average Bonchev–Trinajstić information content (AvgIpc) is 3.36. The van der Waals surface area contributed by atoms with E-state index >= 15 is 0 Å². The molecule has 2 heterocycles. The van der Waals surface area contributed by atoms with Crippen molar-refractivity contribution >= 4 is 28.8 Å². The molecule has 0 saturated heterocycles. The van der Waals surface area contributed by atoms with E-state index in [0.29, 0.717) is 11.4 Å². The number of methoxy groups -OCH3 is 1. The van der Waals surface area contributed by atoms with E-state index in [1.807, 2.05) is 41.8 Å². The van der Waals surface area contributed by atoms with E-state index in [2.05, 4.69) is 10.3 Å². The number of ether oxygens (including phenoxy) is 1. The van der Waals surface area contributed by atoms with Crippen molar-refractivity contribution in [1.29, 1.82) is 0 Å². The minimum atomic E-state index is -0.796. The molecular weight excluding hydrogens is 434 g/mol. The van der Waals surface area contributed by atoms with Crippen LogP contribution in [-0.4, -0.2) is 29.9 Å². The molecule has 1 atom stereocenters. The smallest absolute Gasteiger partial charge is 0.248 e. The van der Waals surface area contributed by atoms with Crippen LogP contribution in [0.25, 0.3) is 0 Å². The Balaban J connectivity index is 1.72. The molecule has 0 bridgehead atoms. The van der Waals surface area contributed by atoms with Crippen LogP contribution in [0.5, 0.6) is 5.75 Å². The van der Waals surface area contributed by atoms with E-state index in [9.17, 15) is 9.59 Å². The van der Waals surface area contributed by atoms with Crippen molar-refractivity contribution in [3.63, 3.8) is 0 Å². The molecule has 172 valence electrons. The third-order valence-corrected chi connectivity index (χ3v) is 6.88. The zero-order valence-electron chi connectivity index (χ0n) is 18.8. The lowest BCUT2D eigenvalue weighted by Crippen LogP contribution is -2.47. The minimum absolute atomic E-state index is 0.136. The Bertz CT molecular complexity index is 1030. The number of rotatable bonds is 8. The van der Waals surface area contributed by atoms with Gasteiger partial charge in [0.1, 0.15) is 11.8 Å². The third-order valence-electron chi connectivity index (χ3n) is 6.00. The Morgan fingerprint density at radius 2 is 1.82 bits per heavy atom. The molecule has 0 radical (unpaired) electrons. The first-order chi connectivity index (χ1) is 16.2. The first-order valence-electron chi connectivity index (χ1n) is 11.3. The van der Waals surface area contributed by atoms with Crippen molar-refractivity contribution in [3.05, 3.63) is 76.7 Å². The lowest BCUT2D eigenvalue weighted by atomic mass is 9.94. The van der Waals surface area contributed by atoms with Crippen LogP contribution in [0, 0.1) is 0 Å². The van der Waals surface area contributed by atoms with Gasteiger partial charge >= 0.3 is 0 Å². The molecule has 1 fully saturated rings. The summed E-state index contributed by atoms with van der Waals surface area (Å²) in [6, 6.07) is 14.1. The number of benzene rings is 1. The second-order valence-corrected chi connectivity index (χ2v) is 9.28. The summed E-state index contributed by atoms with van der Waals surface area (Å²) in [6.07, 6.45) is 8.92. The zero-order valence-corrected chi connectivity index (χ0v) is 19.6. The maximum atomic E-state index is 13.7. The van der Waals surface area contributed by atoms with Crippen molar-refractivity contribution in [2.45, 2.75) is 50.6 Å². The van der Waals surface area contributed by atoms with Crippen molar-refractivity contribution in [1.82, 2.24) is 10.3 Å². The van der Waals surface area contributed by atoms with Crippen LogP contribution in [0.2, 0.25) is 0 Å². The van der Waals surface area contributed by atoms with Gasteiger partial charge in [0.25, 0.3) is 0 Å². The summed E-state index contributed by atoms with van der Waals surface area (Å²) in [5.41, 5.74) is 1.38. The summed E-state index contributed by atoms with van der Waals surface area (Å²) >= 11 is 1.54. The van der Waals surface area contributed by atoms with Crippen LogP contribution in [0.4, 0.5) is 5.69 Å². The molecule has 0 aliphatic heterocycles. The van der Waals surface area contributed by atoms with Crippen LogP contribution in [0.3, 0.4) is 0 Å². The van der Waals surface area contributed by atoms with Gasteiger partial charge in [0.15, 0.2) is 0 Å². The molecule has 3 aromatic rings. The third kappa shape index (κ3) is 5.79. The number of carbonyl (C=O) groups excluding carboxylic acids is 2. The first-order valence-corrected chi connectivity index (χ1v) is 12.2. The lowest BCUT2D eigenvalue weighted by molar-refractivity contribution is -0.127. The van der Waals surface area contributed by atoms with E-state index in [1.165, 1.54) is 17.8 Å². The average molecular weight is 464 g/mol. The van der Waals surface area contributed by atoms with Crippen LogP contribution in [0.1, 0.15) is 48.6 Å². The number of thiophene rings is 1. The Morgan fingerprint density at radius 3 is 2.45 bits per heavy atom. The fraction of sp³-hybridized carbons (Fsp3) is 0.346. The molecule has 7 heteroatoms. The summed E-state index contributed by atoms with van der Waals surface area (Å²) in [5.74, 6) is 0.392. The molecule has 1 saturated carbocycles. The predicted octanol–water partition coefficient (Wildman–Crippen LogP) is 4.92. The van der Waals surface area contributed by atoms with Gasteiger partial charge in [-0.1, -0.05) is 25.3 Å². The van der Waals surface area contributed by atoms with Crippen molar-refractivity contribution in [2.24, 2.45) is 0 Å². The summed E-state index contributed by atoms with van der Waals surface area (Å²) in [5, 5.41) is 5.18. The topological polar surface area (TPSA) is 71.5 Å². The molecule has 2 aromatic heterocycles. The monoisotopic (exact) mass is 463 g/mol. The van der Waals surface area contributed by atoms with Crippen LogP contribution in [-0.2, 0) is 16.0 Å². The molecule has 2 amide bonds. The maximum Gasteiger partial charge on any atom is 0.248 e. The second kappa shape index (κ2) is 11.1. The van der Waals surface area contributed by atoms with Gasteiger partial charge < -0.3 is 10.1 Å². The molecular formula is C26H29N3O3S. The summed E-state index contributed by atoms with van der Waals surface area (Å²) in [7, 11) is 1.60. The first kappa shape index (κ1) is 23.0. The highest BCUT2D eigenvalue weighted by atomic mass is 32.1. The SMILES string of the molecule is COc1ccc(N(C(=O)Cc2cccs2)[C@@H](C(=O)NC2CCCCC2)c2ccncc2)cc1. The Kier molecular flexibility index (Phi) is 7.73. The number of nitrogens with one attached hydrogen (secondary N) is 1. The summed E-state index contributed by atoms with van der Waals surface area (Å²) < 4.78 is 5.30. The molecule has 1 aliphatic carbocycles. The Labute approximate surface area is 198 Å². The molecule has 6 nitrogen and oxygen atoms in total. The van der Waals surface area contributed by atoms with E-state index < -0.39 is 6.04 Å². The molecule has 0 unspecified atom stereocenters. The van der Waals surface area contributed by atoms with Gasteiger partial charge in [0.05, 0.1) is 13.5 Å². The van der Waals surface area contributed by atoms with Gasteiger partial charge in [-0.25, -0.2) is 0 Å². The van der Waals surface area contributed by atoms with Crippen molar-refractivity contribution in [2.75, 3.05) is 12.0 Å². The van der Waals surface area contributed by atoms with Gasteiger partial charge in [-0.3, -0.25) is 19.5 Å².